The zero-order valence-electron chi connectivity index (χ0n) is 14.3. The third-order valence-corrected chi connectivity index (χ3v) is 5.97. The molecule has 1 fully saturated rings. The molecule has 0 saturated carbocycles. The molecule has 2 amide bonds. The Morgan fingerprint density at radius 3 is 2.38 bits per heavy atom. The Labute approximate surface area is 161 Å². The van der Waals surface area contributed by atoms with Crippen LogP contribution >= 0.6 is 11.6 Å². The number of urea groups is 1. The maximum atomic E-state index is 12.0. The van der Waals surface area contributed by atoms with Gasteiger partial charge < -0.3 is 20.5 Å². The molecule has 7 heteroatoms. The topological polar surface area (TPSA) is 76.2 Å². The van der Waals surface area contributed by atoms with Gasteiger partial charge in [0.2, 0.25) is 0 Å². The van der Waals surface area contributed by atoms with Crippen molar-refractivity contribution >= 4 is 34.5 Å². The molecule has 2 atom stereocenters. The third-order valence-electron chi connectivity index (χ3n) is 4.25. The molecule has 1 saturated heterocycles. The number of nitrogens with one attached hydrogen (secondary N) is 3. The first-order valence-corrected chi connectivity index (χ1v) is 10.4. The summed E-state index contributed by atoms with van der Waals surface area (Å²) >= 11 is 5.18. The summed E-state index contributed by atoms with van der Waals surface area (Å²) in [5, 5.41) is 9.73. The summed E-state index contributed by atoms with van der Waals surface area (Å²) in [6, 6.07) is 15.2. The summed E-state index contributed by atoms with van der Waals surface area (Å²) in [5.74, 6) is 1.54. The average molecular weight is 392 g/mol. The van der Waals surface area contributed by atoms with E-state index in [0.717, 1.165) is 41.3 Å². The molecule has 2 aromatic carbocycles. The lowest BCUT2D eigenvalue weighted by Gasteiger charge is -2.11. The number of halogens is 1. The average Bonchev–Trinajstić information content (AvgIpc) is 3.06. The molecule has 1 aliphatic rings. The molecular formula is C19H22ClN3O2S. The van der Waals surface area contributed by atoms with E-state index in [0.29, 0.717) is 17.6 Å². The van der Waals surface area contributed by atoms with Gasteiger partial charge >= 0.3 is 6.03 Å². The van der Waals surface area contributed by atoms with E-state index in [1.165, 1.54) is 0 Å². The van der Waals surface area contributed by atoms with Crippen LogP contribution in [0.5, 0.6) is 0 Å². The largest absolute Gasteiger partial charge is 0.616 e. The van der Waals surface area contributed by atoms with Crippen molar-refractivity contribution < 1.29 is 9.35 Å². The van der Waals surface area contributed by atoms with E-state index in [9.17, 15) is 9.35 Å². The van der Waals surface area contributed by atoms with E-state index in [-0.39, 0.29) is 6.03 Å². The minimum absolute atomic E-state index is 0.251. The predicted molar refractivity (Wildman–Crippen MR) is 107 cm³/mol. The quantitative estimate of drug-likeness (QED) is 0.661. The van der Waals surface area contributed by atoms with Crippen LogP contribution in [0.4, 0.5) is 10.5 Å². The number of benzene rings is 2. The fourth-order valence-electron chi connectivity index (χ4n) is 2.75. The molecule has 2 aromatic rings. The normalized spacial score (nSPS) is 19.3. The monoisotopic (exact) mass is 391 g/mol. The third kappa shape index (κ3) is 5.92. The van der Waals surface area contributed by atoms with Crippen molar-refractivity contribution in [3.8, 4) is 0 Å². The van der Waals surface area contributed by atoms with E-state index < -0.39 is 11.2 Å². The maximum absolute atomic E-state index is 12.0. The molecule has 5 nitrogen and oxygen atoms in total. The second kappa shape index (κ2) is 9.28. The van der Waals surface area contributed by atoms with Crippen LogP contribution in [0, 0.1) is 0 Å². The van der Waals surface area contributed by atoms with E-state index in [4.69, 9.17) is 11.6 Å². The smallest absolute Gasteiger partial charge is 0.319 e. The Kier molecular flexibility index (Phi) is 6.80. The molecule has 26 heavy (non-hydrogen) atoms. The van der Waals surface area contributed by atoms with Crippen LogP contribution in [-0.4, -0.2) is 28.1 Å². The van der Waals surface area contributed by atoms with Crippen molar-refractivity contribution in [2.75, 3.05) is 16.8 Å². The number of carbonyl (C=O) groups is 1. The lowest BCUT2D eigenvalue weighted by atomic mass is 10.2. The molecule has 138 valence electrons. The molecule has 0 aliphatic carbocycles. The molecular weight excluding hydrogens is 370 g/mol. The van der Waals surface area contributed by atoms with E-state index in [1.54, 1.807) is 12.1 Å². The van der Waals surface area contributed by atoms with Gasteiger partial charge in [0.15, 0.2) is 0 Å². The summed E-state index contributed by atoms with van der Waals surface area (Å²) in [6.07, 6.45) is 0.972. The Morgan fingerprint density at radius 2 is 1.73 bits per heavy atom. The fraction of sp³-hybridized carbons (Fsp3) is 0.316. The highest BCUT2D eigenvalue weighted by Crippen LogP contribution is 2.14. The Bertz CT molecular complexity index is 725. The van der Waals surface area contributed by atoms with Crippen molar-refractivity contribution in [3.05, 3.63) is 64.7 Å². The number of hydrogen-bond donors (Lipinski definition) is 3. The van der Waals surface area contributed by atoms with Gasteiger partial charge in [-0.2, -0.15) is 0 Å². The highest BCUT2D eigenvalue weighted by atomic mass is 35.5. The highest BCUT2D eigenvalue weighted by molar-refractivity contribution is 7.91. The van der Waals surface area contributed by atoms with E-state index in [1.807, 2.05) is 36.4 Å². The van der Waals surface area contributed by atoms with Gasteiger partial charge in [0.05, 0.1) is 6.04 Å². The molecule has 0 spiro atoms. The summed E-state index contributed by atoms with van der Waals surface area (Å²) in [7, 11) is 0. The van der Waals surface area contributed by atoms with Crippen LogP contribution in [0.15, 0.2) is 48.5 Å². The number of amides is 2. The van der Waals surface area contributed by atoms with Gasteiger partial charge in [-0.3, -0.25) is 0 Å². The van der Waals surface area contributed by atoms with E-state index >= 15 is 0 Å². The number of rotatable bonds is 6. The van der Waals surface area contributed by atoms with Crippen molar-refractivity contribution in [1.82, 2.24) is 10.6 Å². The molecule has 0 bridgehead atoms. The zero-order valence-corrected chi connectivity index (χ0v) is 15.9. The lowest BCUT2D eigenvalue weighted by Crippen LogP contribution is -2.29. The van der Waals surface area contributed by atoms with Crippen LogP contribution in [0.3, 0.4) is 0 Å². The molecule has 1 aliphatic heterocycles. The molecule has 0 radical (unpaired) electrons. The van der Waals surface area contributed by atoms with E-state index in [2.05, 4.69) is 16.0 Å². The minimum atomic E-state index is -0.662. The highest BCUT2D eigenvalue weighted by Gasteiger charge is 2.25. The second-order valence-corrected chi connectivity index (χ2v) is 8.37. The van der Waals surface area contributed by atoms with Gasteiger partial charge in [-0.25, -0.2) is 4.79 Å². The van der Waals surface area contributed by atoms with Gasteiger partial charge in [-0.1, -0.05) is 47.0 Å². The van der Waals surface area contributed by atoms with Crippen molar-refractivity contribution in [1.29, 1.82) is 0 Å². The summed E-state index contributed by atoms with van der Waals surface area (Å²) in [5.41, 5.74) is 2.86. The number of carbonyl (C=O) groups excluding carboxylic acids is 1. The van der Waals surface area contributed by atoms with Crippen molar-refractivity contribution in [3.63, 3.8) is 0 Å². The van der Waals surface area contributed by atoms with Gasteiger partial charge in [-0.15, -0.1) is 0 Å². The molecule has 3 N–H and O–H groups in total. The van der Waals surface area contributed by atoms with Gasteiger partial charge in [0.1, 0.15) is 11.5 Å². The Morgan fingerprint density at radius 1 is 1.08 bits per heavy atom. The van der Waals surface area contributed by atoms with Crippen LogP contribution in [-0.2, 0) is 24.3 Å². The van der Waals surface area contributed by atoms with Crippen molar-refractivity contribution in [2.45, 2.75) is 25.6 Å². The zero-order chi connectivity index (χ0) is 18.4. The first-order valence-electron chi connectivity index (χ1n) is 8.55. The molecule has 1 heterocycles. The second-order valence-electron chi connectivity index (χ2n) is 6.31. The Hall–Kier alpha value is -1.73. The van der Waals surface area contributed by atoms with Crippen LogP contribution in [0.25, 0.3) is 0 Å². The first kappa shape index (κ1) is 19.0. The first-order chi connectivity index (χ1) is 12.6. The standard InChI is InChI=1S/C19H22ClN3O2S/c20-16-5-1-14(2-6-16)12-22-19(24)23-17-7-3-15(4-8-17)11-21-18-9-10-26(25)13-18/h1-8,18,21H,9-13H2,(H2,22,23,24). The van der Waals surface area contributed by atoms with Crippen LogP contribution < -0.4 is 16.0 Å². The molecule has 3 rings (SSSR count). The van der Waals surface area contributed by atoms with Gasteiger partial charge in [0, 0.05) is 30.2 Å². The SMILES string of the molecule is O=C(NCc1ccc(Cl)cc1)Nc1ccc(CNC2CC[S+]([O-])C2)cc1. The fourth-order valence-corrected chi connectivity index (χ4v) is 4.33. The number of hydrogen-bond acceptors (Lipinski definition) is 3. The maximum Gasteiger partial charge on any atom is 0.319 e. The Balaban J connectivity index is 1.41. The van der Waals surface area contributed by atoms with Gasteiger partial charge in [-0.05, 0) is 35.4 Å². The van der Waals surface area contributed by atoms with Crippen molar-refractivity contribution in [2.24, 2.45) is 0 Å². The summed E-state index contributed by atoms with van der Waals surface area (Å²) < 4.78 is 11.4. The van der Waals surface area contributed by atoms with Crippen LogP contribution in [0.2, 0.25) is 5.02 Å². The molecule has 2 unspecified atom stereocenters. The van der Waals surface area contributed by atoms with Crippen LogP contribution in [0.1, 0.15) is 17.5 Å². The van der Waals surface area contributed by atoms with Gasteiger partial charge in [0.25, 0.3) is 0 Å². The summed E-state index contributed by atoms with van der Waals surface area (Å²) in [4.78, 5) is 12.0. The summed E-state index contributed by atoms with van der Waals surface area (Å²) in [6.45, 7) is 1.18. The lowest BCUT2D eigenvalue weighted by molar-refractivity contribution is 0.251. The predicted octanol–water partition coefficient (Wildman–Crippen LogP) is 3.27. The minimum Gasteiger partial charge on any atom is -0.616 e. The molecule has 0 aromatic heterocycles. The number of anilines is 1.